The van der Waals surface area contributed by atoms with Crippen molar-refractivity contribution in [1.29, 1.82) is 5.26 Å². The number of nitrogens with zero attached hydrogens (tertiary/aromatic N) is 1. The molecule has 1 N–H and O–H groups in total. The van der Waals surface area contributed by atoms with Gasteiger partial charge in [0.1, 0.15) is 0 Å². The predicted octanol–water partition coefficient (Wildman–Crippen LogP) is 0.158. The summed E-state index contributed by atoms with van der Waals surface area (Å²) < 4.78 is 0. The van der Waals surface area contributed by atoms with E-state index in [9.17, 15) is 4.79 Å². The van der Waals surface area contributed by atoms with Crippen molar-refractivity contribution in [3.63, 3.8) is 0 Å². The summed E-state index contributed by atoms with van der Waals surface area (Å²) in [5.74, 6) is 7.74. The number of hydrogen-bond acceptors (Lipinski definition) is 2. The molecule has 52 valence electrons. The van der Waals surface area contributed by atoms with Crippen LogP contribution >= 0.6 is 0 Å². The lowest BCUT2D eigenvalue weighted by Gasteiger charge is -1.69. The number of rotatable bonds is 1. The molecule has 0 unspecified atom stereocenters. The molecule has 3 heteroatoms. The molecule has 0 fully saturated rings. The smallest absolute Gasteiger partial charge is 0.328 e. The molecule has 0 aliphatic rings. The van der Waals surface area contributed by atoms with Crippen molar-refractivity contribution >= 4 is 5.97 Å². The minimum absolute atomic E-state index is 0.890. The molecule has 0 saturated heterocycles. The third kappa shape index (κ3) is 7.82. The molecule has 0 atom stereocenters. The first-order chi connectivity index (χ1) is 5.27. The Morgan fingerprint density at radius 3 is 2.64 bits per heavy atom. The van der Waals surface area contributed by atoms with Crippen molar-refractivity contribution in [3.8, 4) is 29.8 Å². The van der Waals surface area contributed by atoms with E-state index in [4.69, 9.17) is 10.4 Å². The maximum absolute atomic E-state index is 9.85. The standard InChI is InChI=1S/C8H3NO2/c9-7-5-3-1-2-4-6-8(10)11/h4,6H,(H,10,11)/b6-4+. The Labute approximate surface area is 64.0 Å². The van der Waals surface area contributed by atoms with Gasteiger partial charge in [-0.2, -0.15) is 5.26 Å². The molecule has 0 rings (SSSR count). The first kappa shape index (κ1) is 8.82. The van der Waals surface area contributed by atoms with Crippen molar-refractivity contribution in [3.05, 3.63) is 12.2 Å². The molecule has 0 saturated carbocycles. The van der Waals surface area contributed by atoms with Crippen LogP contribution in [-0.2, 0) is 4.79 Å². The van der Waals surface area contributed by atoms with Gasteiger partial charge in [-0.05, 0) is 12.0 Å². The van der Waals surface area contributed by atoms with Gasteiger partial charge in [-0.25, -0.2) is 4.79 Å². The molecular formula is C8H3NO2. The molecule has 0 radical (unpaired) electrons. The number of nitriles is 1. The van der Waals surface area contributed by atoms with E-state index in [-0.39, 0.29) is 0 Å². The van der Waals surface area contributed by atoms with E-state index >= 15 is 0 Å². The Kier molecular flexibility index (Phi) is 4.77. The number of allylic oxidation sites excluding steroid dienone is 1. The zero-order valence-corrected chi connectivity index (χ0v) is 5.46. The van der Waals surface area contributed by atoms with E-state index in [1.165, 1.54) is 0 Å². The van der Waals surface area contributed by atoms with Crippen LogP contribution in [0, 0.1) is 35.0 Å². The van der Waals surface area contributed by atoms with E-state index in [0.29, 0.717) is 0 Å². The maximum atomic E-state index is 9.85. The first-order valence-electron chi connectivity index (χ1n) is 2.56. The minimum Gasteiger partial charge on any atom is -0.478 e. The Balaban J connectivity index is 3.94. The third-order valence-corrected chi connectivity index (χ3v) is 0.562. The zero-order valence-electron chi connectivity index (χ0n) is 5.46. The van der Waals surface area contributed by atoms with Gasteiger partial charge >= 0.3 is 5.97 Å². The fraction of sp³-hybridized carbons (Fsp3) is 0. The fourth-order valence-corrected chi connectivity index (χ4v) is 0.250. The van der Waals surface area contributed by atoms with E-state index < -0.39 is 5.97 Å². The number of hydrogen-bond donors (Lipinski definition) is 1. The molecule has 3 nitrogen and oxygen atoms in total. The molecule has 11 heavy (non-hydrogen) atoms. The zero-order chi connectivity index (χ0) is 8.53. The summed E-state index contributed by atoms with van der Waals surface area (Å²) in [4.78, 5) is 9.85. The van der Waals surface area contributed by atoms with Gasteiger partial charge in [-0.1, -0.05) is 5.92 Å². The predicted molar refractivity (Wildman–Crippen MR) is 37.9 cm³/mol. The summed E-state index contributed by atoms with van der Waals surface area (Å²) in [7, 11) is 0. The molecule has 0 aliphatic carbocycles. The Hall–Kier alpha value is -2.18. The van der Waals surface area contributed by atoms with Crippen molar-refractivity contribution in [2.75, 3.05) is 0 Å². The Bertz CT molecular complexity index is 325. The first-order valence-corrected chi connectivity index (χ1v) is 2.56. The molecule has 0 aromatic rings. The average molecular weight is 145 g/mol. The summed E-state index contributed by atoms with van der Waals surface area (Å²) in [6.07, 6.45) is 2.04. The van der Waals surface area contributed by atoms with Crippen molar-refractivity contribution in [2.45, 2.75) is 0 Å². The van der Waals surface area contributed by atoms with E-state index in [2.05, 4.69) is 17.8 Å². The minimum atomic E-state index is -1.06. The average Bonchev–Trinajstić information content (AvgIpc) is 1.96. The highest BCUT2D eigenvalue weighted by Crippen LogP contribution is 1.68. The van der Waals surface area contributed by atoms with Gasteiger partial charge in [-0.15, -0.1) is 0 Å². The van der Waals surface area contributed by atoms with Gasteiger partial charge in [0.2, 0.25) is 0 Å². The molecule has 0 bridgehead atoms. The van der Waals surface area contributed by atoms with Gasteiger partial charge in [0.15, 0.2) is 6.07 Å². The van der Waals surface area contributed by atoms with Gasteiger partial charge in [0.05, 0.1) is 0 Å². The van der Waals surface area contributed by atoms with Crippen LogP contribution in [0.3, 0.4) is 0 Å². The molecule has 0 aliphatic heterocycles. The highest BCUT2D eigenvalue weighted by Gasteiger charge is 1.78. The number of carbonyl (C=O) groups is 1. The van der Waals surface area contributed by atoms with Crippen LogP contribution in [0.5, 0.6) is 0 Å². The van der Waals surface area contributed by atoms with Crippen LogP contribution in [0.15, 0.2) is 12.2 Å². The van der Waals surface area contributed by atoms with Crippen LogP contribution < -0.4 is 0 Å². The SMILES string of the molecule is N#CC#CC#C/C=C/C(=O)O. The normalized spacial score (nSPS) is 6.82. The van der Waals surface area contributed by atoms with Gasteiger partial charge in [0.25, 0.3) is 0 Å². The second kappa shape index (κ2) is 5.95. The van der Waals surface area contributed by atoms with Crippen molar-refractivity contribution < 1.29 is 9.90 Å². The topological polar surface area (TPSA) is 61.1 Å². The molecule has 0 heterocycles. The summed E-state index contributed by atoms with van der Waals surface area (Å²) in [5, 5.41) is 16.0. The lowest BCUT2D eigenvalue weighted by atomic mass is 10.5. The number of aliphatic carboxylic acids is 1. The summed E-state index contributed by atoms with van der Waals surface area (Å²) in [6.45, 7) is 0. The largest absolute Gasteiger partial charge is 0.478 e. The Morgan fingerprint density at radius 1 is 1.36 bits per heavy atom. The molecule has 0 aromatic heterocycles. The van der Waals surface area contributed by atoms with Crippen LogP contribution in [0.2, 0.25) is 0 Å². The van der Waals surface area contributed by atoms with Crippen LogP contribution in [0.4, 0.5) is 0 Å². The van der Waals surface area contributed by atoms with Gasteiger partial charge in [0, 0.05) is 17.9 Å². The second-order valence-electron chi connectivity index (χ2n) is 1.30. The van der Waals surface area contributed by atoms with E-state index in [1.807, 2.05) is 5.92 Å². The molecular weight excluding hydrogens is 142 g/mol. The van der Waals surface area contributed by atoms with Gasteiger partial charge < -0.3 is 5.11 Å². The molecule has 0 amide bonds. The summed E-state index contributed by atoms with van der Waals surface area (Å²) in [5.41, 5.74) is 0. The van der Waals surface area contributed by atoms with E-state index in [0.717, 1.165) is 12.2 Å². The summed E-state index contributed by atoms with van der Waals surface area (Å²) in [6, 6.07) is 1.56. The Morgan fingerprint density at radius 2 is 2.09 bits per heavy atom. The van der Waals surface area contributed by atoms with Crippen LogP contribution in [0.25, 0.3) is 0 Å². The molecule has 0 spiro atoms. The third-order valence-electron chi connectivity index (χ3n) is 0.562. The summed E-state index contributed by atoms with van der Waals surface area (Å²) >= 11 is 0. The maximum Gasteiger partial charge on any atom is 0.328 e. The highest BCUT2D eigenvalue weighted by molar-refractivity contribution is 5.80. The lowest BCUT2D eigenvalue weighted by molar-refractivity contribution is -0.131. The van der Waals surface area contributed by atoms with Gasteiger partial charge in [-0.3, -0.25) is 0 Å². The van der Waals surface area contributed by atoms with Crippen molar-refractivity contribution in [2.24, 2.45) is 0 Å². The van der Waals surface area contributed by atoms with E-state index in [1.54, 1.807) is 6.07 Å². The number of carboxylic acids is 1. The highest BCUT2D eigenvalue weighted by atomic mass is 16.4. The fourth-order valence-electron chi connectivity index (χ4n) is 0.250. The second-order valence-corrected chi connectivity index (χ2v) is 1.30. The molecule has 0 aromatic carbocycles. The number of carboxylic acid groups (broad SMARTS) is 1. The van der Waals surface area contributed by atoms with Crippen LogP contribution in [-0.4, -0.2) is 11.1 Å². The van der Waals surface area contributed by atoms with Crippen LogP contribution in [0.1, 0.15) is 0 Å². The quantitative estimate of drug-likeness (QED) is 0.422. The monoisotopic (exact) mass is 145 g/mol. The lowest BCUT2D eigenvalue weighted by Crippen LogP contribution is -1.84. The van der Waals surface area contributed by atoms with Crippen molar-refractivity contribution in [1.82, 2.24) is 0 Å².